The molecule has 0 radical (unpaired) electrons. The van der Waals surface area contributed by atoms with E-state index in [1.54, 1.807) is 36.4 Å². The summed E-state index contributed by atoms with van der Waals surface area (Å²) in [6, 6.07) is 14.0. The van der Waals surface area contributed by atoms with Gasteiger partial charge in [-0.15, -0.1) is 0 Å². The molecule has 2 N–H and O–H groups in total. The first-order chi connectivity index (χ1) is 13.6. The lowest BCUT2D eigenvalue weighted by Gasteiger charge is -2.09. The molecule has 2 rings (SSSR count). The van der Waals surface area contributed by atoms with E-state index in [1.165, 1.54) is 25.7 Å². The summed E-state index contributed by atoms with van der Waals surface area (Å²) in [5.74, 6) is 0.388. The fourth-order valence-corrected chi connectivity index (χ4v) is 2.80. The summed E-state index contributed by atoms with van der Waals surface area (Å²) in [6.07, 6.45) is 5.99. The number of carbonyl (C=O) groups excluding carboxylic acids is 2. The Labute approximate surface area is 167 Å². The molecule has 0 bridgehead atoms. The molecule has 150 valence electrons. The predicted octanol–water partition coefficient (Wildman–Crippen LogP) is 5.04. The average Bonchev–Trinajstić information content (AvgIpc) is 2.71. The van der Waals surface area contributed by atoms with Crippen molar-refractivity contribution in [2.45, 2.75) is 46.0 Å². The Morgan fingerprint density at radius 2 is 1.61 bits per heavy atom. The van der Waals surface area contributed by atoms with Crippen molar-refractivity contribution in [3.8, 4) is 5.75 Å². The van der Waals surface area contributed by atoms with Crippen LogP contribution >= 0.6 is 0 Å². The Hall–Kier alpha value is -2.82. The van der Waals surface area contributed by atoms with E-state index in [0.717, 1.165) is 12.2 Å². The van der Waals surface area contributed by atoms with Gasteiger partial charge in [0.1, 0.15) is 5.75 Å². The molecular formula is C23H30N2O3. The molecule has 0 saturated carbocycles. The standard InChI is InChI=1S/C23H30N2O3/c1-3-5-6-7-8-16-28-21-14-12-18(13-15-21)23(27)25-20-11-9-10-19(17-20)22(26)24-4-2/h9-15,17H,3-8,16H2,1-2H3,(H,24,26)(H,25,27). The second-order valence-electron chi connectivity index (χ2n) is 6.68. The van der Waals surface area contributed by atoms with Crippen LogP contribution < -0.4 is 15.4 Å². The van der Waals surface area contributed by atoms with Gasteiger partial charge in [0, 0.05) is 23.4 Å². The van der Waals surface area contributed by atoms with E-state index in [1.807, 2.05) is 19.1 Å². The van der Waals surface area contributed by atoms with E-state index in [2.05, 4.69) is 17.6 Å². The van der Waals surface area contributed by atoms with Crippen molar-refractivity contribution in [1.82, 2.24) is 5.32 Å². The third-order valence-corrected chi connectivity index (χ3v) is 4.35. The van der Waals surface area contributed by atoms with Crippen molar-refractivity contribution in [1.29, 1.82) is 0 Å². The van der Waals surface area contributed by atoms with Gasteiger partial charge in [-0.2, -0.15) is 0 Å². The van der Waals surface area contributed by atoms with Gasteiger partial charge in [-0.25, -0.2) is 0 Å². The van der Waals surface area contributed by atoms with E-state index in [-0.39, 0.29) is 11.8 Å². The highest BCUT2D eigenvalue weighted by Gasteiger charge is 2.09. The Kier molecular flexibility index (Phi) is 9.05. The first-order valence-corrected chi connectivity index (χ1v) is 10.1. The Bertz CT molecular complexity index is 757. The average molecular weight is 383 g/mol. The topological polar surface area (TPSA) is 67.4 Å². The monoisotopic (exact) mass is 382 g/mol. The van der Waals surface area contributed by atoms with Gasteiger partial charge < -0.3 is 15.4 Å². The number of hydrogen-bond acceptors (Lipinski definition) is 3. The van der Waals surface area contributed by atoms with Crippen molar-refractivity contribution >= 4 is 17.5 Å². The SMILES string of the molecule is CCCCCCCOc1ccc(C(=O)Nc2cccc(C(=O)NCC)c2)cc1. The number of rotatable bonds is 11. The smallest absolute Gasteiger partial charge is 0.255 e. The molecule has 0 aliphatic rings. The van der Waals surface area contributed by atoms with Gasteiger partial charge in [0.05, 0.1) is 6.61 Å². The predicted molar refractivity (Wildman–Crippen MR) is 113 cm³/mol. The van der Waals surface area contributed by atoms with E-state index in [0.29, 0.717) is 30.0 Å². The lowest BCUT2D eigenvalue weighted by Crippen LogP contribution is -2.22. The van der Waals surface area contributed by atoms with Crippen LogP contribution in [0.5, 0.6) is 5.75 Å². The normalized spacial score (nSPS) is 10.4. The molecule has 0 atom stereocenters. The number of nitrogens with one attached hydrogen (secondary N) is 2. The van der Waals surface area contributed by atoms with Crippen LogP contribution in [0.2, 0.25) is 0 Å². The second kappa shape index (κ2) is 11.8. The van der Waals surface area contributed by atoms with Crippen molar-refractivity contribution in [2.75, 3.05) is 18.5 Å². The van der Waals surface area contributed by atoms with E-state index < -0.39 is 0 Å². The molecule has 0 aliphatic heterocycles. The molecule has 5 nitrogen and oxygen atoms in total. The lowest BCUT2D eigenvalue weighted by atomic mass is 10.1. The molecule has 0 unspecified atom stereocenters. The number of amides is 2. The van der Waals surface area contributed by atoms with E-state index >= 15 is 0 Å². The van der Waals surface area contributed by atoms with Gasteiger partial charge in [0.25, 0.3) is 11.8 Å². The summed E-state index contributed by atoms with van der Waals surface area (Å²) in [4.78, 5) is 24.4. The van der Waals surface area contributed by atoms with E-state index in [4.69, 9.17) is 4.74 Å². The van der Waals surface area contributed by atoms with Gasteiger partial charge in [-0.05, 0) is 55.8 Å². The van der Waals surface area contributed by atoms with Crippen molar-refractivity contribution in [3.63, 3.8) is 0 Å². The molecule has 0 aliphatic carbocycles. The molecule has 2 aromatic carbocycles. The minimum Gasteiger partial charge on any atom is -0.494 e. The molecule has 2 aromatic rings. The van der Waals surface area contributed by atoms with Crippen molar-refractivity contribution in [3.05, 3.63) is 59.7 Å². The maximum atomic E-state index is 12.4. The van der Waals surface area contributed by atoms with Crippen molar-refractivity contribution in [2.24, 2.45) is 0 Å². The molecule has 0 heterocycles. The first-order valence-electron chi connectivity index (χ1n) is 10.1. The third-order valence-electron chi connectivity index (χ3n) is 4.35. The highest BCUT2D eigenvalue weighted by molar-refractivity contribution is 6.05. The quantitative estimate of drug-likeness (QED) is 0.535. The Morgan fingerprint density at radius 3 is 2.32 bits per heavy atom. The number of ether oxygens (including phenoxy) is 1. The molecule has 5 heteroatoms. The third kappa shape index (κ3) is 7.06. The van der Waals surface area contributed by atoms with Crippen LogP contribution in [-0.4, -0.2) is 25.0 Å². The van der Waals surface area contributed by atoms with Crippen LogP contribution in [-0.2, 0) is 0 Å². The summed E-state index contributed by atoms with van der Waals surface area (Å²) in [6.45, 7) is 5.32. The number of anilines is 1. The van der Waals surface area contributed by atoms with Crippen LogP contribution in [0, 0.1) is 0 Å². The van der Waals surface area contributed by atoms with Crippen LogP contribution in [0.4, 0.5) is 5.69 Å². The Morgan fingerprint density at radius 1 is 0.857 bits per heavy atom. The van der Waals surface area contributed by atoms with Gasteiger partial charge in [-0.3, -0.25) is 9.59 Å². The summed E-state index contributed by atoms with van der Waals surface area (Å²) in [5, 5.41) is 5.57. The van der Waals surface area contributed by atoms with Crippen LogP contribution in [0.3, 0.4) is 0 Å². The zero-order chi connectivity index (χ0) is 20.2. The van der Waals surface area contributed by atoms with Crippen LogP contribution in [0.15, 0.2) is 48.5 Å². The fraction of sp³-hybridized carbons (Fsp3) is 0.391. The number of carbonyl (C=O) groups is 2. The summed E-state index contributed by atoms with van der Waals surface area (Å²) < 4.78 is 5.73. The molecule has 0 spiro atoms. The van der Waals surface area contributed by atoms with Gasteiger partial charge in [0.2, 0.25) is 0 Å². The van der Waals surface area contributed by atoms with Gasteiger partial charge >= 0.3 is 0 Å². The first kappa shape index (κ1) is 21.5. The maximum absolute atomic E-state index is 12.4. The number of benzene rings is 2. The Balaban J connectivity index is 1.86. The zero-order valence-corrected chi connectivity index (χ0v) is 16.8. The van der Waals surface area contributed by atoms with Crippen molar-refractivity contribution < 1.29 is 14.3 Å². The minimum absolute atomic E-state index is 0.158. The molecule has 2 amide bonds. The minimum atomic E-state index is -0.223. The second-order valence-corrected chi connectivity index (χ2v) is 6.68. The van der Waals surface area contributed by atoms with Gasteiger partial charge in [0.15, 0.2) is 0 Å². The highest BCUT2D eigenvalue weighted by Crippen LogP contribution is 2.16. The molecular weight excluding hydrogens is 352 g/mol. The molecule has 0 aromatic heterocycles. The molecule has 0 fully saturated rings. The largest absolute Gasteiger partial charge is 0.494 e. The van der Waals surface area contributed by atoms with Crippen LogP contribution in [0.25, 0.3) is 0 Å². The number of hydrogen-bond donors (Lipinski definition) is 2. The summed E-state index contributed by atoms with van der Waals surface area (Å²) in [5.41, 5.74) is 1.64. The van der Waals surface area contributed by atoms with Gasteiger partial charge in [-0.1, -0.05) is 38.7 Å². The highest BCUT2D eigenvalue weighted by atomic mass is 16.5. The zero-order valence-electron chi connectivity index (χ0n) is 16.8. The molecule has 28 heavy (non-hydrogen) atoms. The maximum Gasteiger partial charge on any atom is 0.255 e. The fourth-order valence-electron chi connectivity index (χ4n) is 2.80. The molecule has 0 saturated heterocycles. The lowest BCUT2D eigenvalue weighted by molar-refractivity contribution is 0.0954. The summed E-state index contributed by atoms with van der Waals surface area (Å²) >= 11 is 0. The van der Waals surface area contributed by atoms with Crippen LogP contribution in [0.1, 0.15) is 66.7 Å². The van der Waals surface area contributed by atoms with E-state index in [9.17, 15) is 9.59 Å². The summed E-state index contributed by atoms with van der Waals surface area (Å²) in [7, 11) is 0. The number of unbranched alkanes of at least 4 members (excludes halogenated alkanes) is 4.